The smallest absolute Gasteiger partial charge is 0.122 e. The molecule has 2 aliphatic rings. The van der Waals surface area contributed by atoms with Gasteiger partial charge in [0.05, 0.1) is 25.9 Å². The Labute approximate surface area is 144 Å². The van der Waals surface area contributed by atoms with Crippen molar-refractivity contribution in [1.82, 2.24) is 24.3 Å². The van der Waals surface area contributed by atoms with Crippen molar-refractivity contribution in [2.45, 2.75) is 25.6 Å². The highest BCUT2D eigenvalue weighted by molar-refractivity contribution is 4.93. The number of nitrogens with zero attached hydrogens (tertiary/aromatic N) is 5. The van der Waals surface area contributed by atoms with Gasteiger partial charge < -0.3 is 14.4 Å². The molecule has 1 N–H and O–H groups in total. The molecule has 0 radical (unpaired) electrons. The first-order chi connectivity index (χ1) is 11.6. The number of hydrogen-bond acceptors (Lipinski definition) is 6. The van der Waals surface area contributed by atoms with Crippen molar-refractivity contribution < 1.29 is 9.84 Å². The minimum Gasteiger partial charge on any atom is -0.390 e. The maximum atomic E-state index is 10.4. The second-order valence-corrected chi connectivity index (χ2v) is 7.10. The van der Waals surface area contributed by atoms with E-state index in [0.29, 0.717) is 6.04 Å². The number of aliphatic hydroxyl groups is 1. The van der Waals surface area contributed by atoms with Gasteiger partial charge in [-0.05, 0) is 6.92 Å². The van der Waals surface area contributed by atoms with Gasteiger partial charge >= 0.3 is 0 Å². The normalized spacial score (nSPS) is 25.9. The largest absolute Gasteiger partial charge is 0.390 e. The monoisotopic (exact) mass is 337 g/mol. The quantitative estimate of drug-likeness (QED) is 0.764. The van der Waals surface area contributed by atoms with Crippen LogP contribution >= 0.6 is 0 Å². The Kier molecular flexibility index (Phi) is 6.24. The molecule has 0 bridgehead atoms. The number of imidazole rings is 1. The summed E-state index contributed by atoms with van der Waals surface area (Å²) >= 11 is 0. The van der Waals surface area contributed by atoms with Gasteiger partial charge in [0.1, 0.15) is 5.82 Å². The molecule has 2 atom stereocenters. The zero-order valence-corrected chi connectivity index (χ0v) is 15.0. The molecule has 7 nitrogen and oxygen atoms in total. The Morgan fingerprint density at radius 2 is 1.96 bits per heavy atom. The maximum absolute atomic E-state index is 10.4. The van der Waals surface area contributed by atoms with Crippen molar-refractivity contribution in [3.8, 4) is 0 Å². The SMILES string of the molecule is C[C@H]1CN(C[C@H](O)CN2CCOCC2)CCN1Cc1nccn1C. The van der Waals surface area contributed by atoms with Crippen LogP contribution in [0.15, 0.2) is 12.4 Å². The summed E-state index contributed by atoms with van der Waals surface area (Å²) in [6.45, 7) is 11.2. The first-order valence-corrected chi connectivity index (χ1v) is 9.02. The molecule has 0 saturated carbocycles. The van der Waals surface area contributed by atoms with Crippen molar-refractivity contribution in [3.05, 3.63) is 18.2 Å². The summed E-state index contributed by atoms with van der Waals surface area (Å²) in [5.74, 6) is 1.11. The van der Waals surface area contributed by atoms with Crippen molar-refractivity contribution in [3.63, 3.8) is 0 Å². The van der Waals surface area contributed by atoms with Crippen LogP contribution in [0.3, 0.4) is 0 Å². The molecular formula is C17H31N5O2. The highest BCUT2D eigenvalue weighted by atomic mass is 16.5. The summed E-state index contributed by atoms with van der Waals surface area (Å²) in [5.41, 5.74) is 0. The predicted octanol–water partition coefficient (Wildman–Crippen LogP) is -0.381. The highest BCUT2D eigenvalue weighted by Crippen LogP contribution is 2.13. The lowest BCUT2D eigenvalue weighted by Crippen LogP contribution is -2.54. The molecule has 0 aliphatic carbocycles. The van der Waals surface area contributed by atoms with E-state index in [2.05, 4.69) is 31.2 Å². The molecule has 1 aromatic rings. The molecule has 3 rings (SSSR count). The maximum Gasteiger partial charge on any atom is 0.122 e. The summed E-state index contributed by atoms with van der Waals surface area (Å²) in [6, 6.07) is 0.478. The van der Waals surface area contributed by atoms with Gasteiger partial charge in [-0.25, -0.2) is 4.98 Å². The number of aryl methyl sites for hydroxylation is 1. The third-order valence-corrected chi connectivity index (χ3v) is 5.16. The molecule has 0 unspecified atom stereocenters. The van der Waals surface area contributed by atoms with E-state index >= 15 is 0 Å². The lowest BCUT2D eigenvalue weighted by Gasteiger charge is -2.40. The number of aromatic nitrogens is 2. The second-order valence-electron chi connectivity index (χ2n) is 7.10. The molecule has 24 heavy (non-hydrogen) atoms. The van der Waals surface area contributed by atoms with E-state index in [1.807, 2.05) is 19.4 Å². The number of aliphatic hydroxyl groups excluding tert-OH is 1. The van der Waals surface area contributed by atoms with Gasteiger partial charge in [0.2, 0.25) is 0 Å². The van der Waals surface area contributed by atoms with Gasteiger partial charge in [-0.3, -0.25) is 14.7 Å². The molecule has 0 aromatic carbocycles. The minimum absolute atomic E-state index is 0.281. The van der Waals surface area contributed by atoms with Gasteiger partial charge in [0.15, 0.2) is 0 Å². The fourth-order valence-electron chi connectivity index (χ4n) is 3.64. The fraction of sp³-hybridized carbons (Fsp3) is 0.824. The Hall–Kier alpha value is -0.990. The summed E-state index contributed by atoms with van der Waals surface area (Å²) in [5, 5.41) is 10.4. The number of hydrogen-bond donors (Lipinski definition) is 1. The van der Waals surface area contributed by atoms with Crippen LogP contribution in [0.4, 0.5) is 0 Å². The molecule has 1 aromatic heterocycles. The zero-order chi connectivity index (χ0) is 16.9. The zero-order valence-electron chi connectivity index (χ0n) is 15.0. The van der Waals surface area contributed by atoms with Crippen molar-refractivity contribution >= 4 is 0 Å². The lowest BCUT2D eigenvalue weighted by molar-refractivity contribution is -0.00330. The fourth-order valence-corrected chi connectivity index (χ4v) is 3.64. The van der Waals surface area contributed by atoms with Gasteiger partial charge in [-0.15, -0.1) is 0 Å². The van der Waals surface area contributed by atoms with Crippen LogP contribution < -0.4 is 0 Å². The first-order valence-electron chi connectivity index (χ1n) is 9.02. The summed E-state index contributed by atoms with van der Waals surface area (Å²) in [7, 11) is 2.05. The summed E-state index contributed by atoms with van der Waals surface area (Å²) in [4.78, 5) is 11.6. The van der Waals surface area contributed by atoms with Crippen LogP contribution in [0.25, 0.3) is 0 Å². The molecule has 136 valence electrons. The number of ether oxygens (including phenoxy) is 1. The van der Waals surface area contributed by atoms with E-state index in [0.717, 1.165) is 71.4 Å². The topological polar surface area (TPSA) is 57.0 Å². The van der Waals surface area contributed by atoms with Crippen LogP contribution in [0.5, 0.6) is 0 Å². The van der Waals surface area contributed by atoms with Gasteiger partial charge in [-0.2, -0.15) is 0 Å². The van der Waals surface area contributed by atoms with Crippen LogP contribution in [0, 0.1) is 0 Å². The van der Waals surface area contributed by atoms with E-state index in [4.69, 9.17) is 4.74 Å². The van der Waals surface area contributed by atoms with Crippen LogP contribution in [-0.2, 0) is 18.3 Å². The highest BCUT2D eigenvalue weighted by Gasteiger charge is 2.26. The molecule has 2 fully saturated rings. The van der Waals surface area contributed by atoms with E-state index in [1.165, 1.54) is 0 Å². The van der Waals surface area contributed by atoms with Gasteiger partial charge in [0, 0.05) is 71.3 Å². The molecule has 2 aliphatic heterocycles. The van der Waals surface area contributed by atoms with E-state index in [1.54, 1.807) is 0 Å². The van der Waals surface area contributed by atoms with Crippen molar-refractivity contribution in [1.29, 1.82) is 0 Å². The van der Waals surface area contributed by atoms with Crippen LogP contribution in [-0.4, -0.2) is 101 Å². The Morgan fingerprint density at radius 1 is 1.21 bits per heavy atom. The molecule has 0 spiro atoms. The molecule has 0 amide bonds. The van der Waals surface area contributed by atoms with Gasteiger partial charge in [-0.1, -0.05) is 0 Å². The third kappa shape index (κ3) is 4.77. The Balaban J connectivity index is 1.42. The average molecular weight is 337 g/mol. The Bertz CT molecular complexity index is 503. The number of piperazine rings is 1. The van der Waals surface area contributed by atoms with Crippen molar-refractivity contribution in [2.24, 2.45) is 7.05 Å². The second kappa shape index (κ2) is 8.40. The van der Waals surface area contributed by atoms with E-state index < -0.39 is 0 Å². The molecular weight excluding hydrogens is 306 g/mol. The van der Waals surface area contributed by atoms with Crippen LogP contribution in [0.2, 0.25) is 0 Å². The van der Waals surface area contributed by atoms with E-state index in [-0.39, 0.29) is 6.10 Å². The number of β-amino-alcohol motifs (C(OH)–C–C–N with tert-alkyl or cyclic N) is 1. The minimum atomic E-state index is -0.281. The summed E-state index contributed by atoms with van der Waals surface area (Å²) in [6.07, 6.45) is 3.58. The van der Waals surface area contributed by atoms with Gasteiger partial charge in [0.25, 0.3) is 0 Å². The lowest BCUT2D eigenvalue weighted by atomic mass is 10.1. The predicted molar refractivity (Wildman–Crippen MR) is 92.8 cm³/mol. The molecule has 2 saturated heterocycles. The standard InChI is InChI=1S/C17H31N5O2/c1-15-11-21(13-16(23)12-20-7-9-24-10-8-20)5-6-22(15)14-17-18-3-4-19(17)2/h3-4,15-16,23H,5-14H2,1-2H3/t15-,16+/m0/s1. The van der Waals surface area contributed by atoms with E-state index in [9.17, 15) is 5.11 Å². The third-order valence-electron chi connectivity index (χ3n) is 5.16. The van der Waals surface area contributed by atoms with Crippen molar-refractivity contribution in [2.75, 3.05) is 59.0 Å². The number of morpholine rings is 1. The number of rotatable bonds is 6. The first kappa shape index (κ1) is 17.8. The molecule has 3 heterocycles. The average Bonchev–Trinajstić information content (AvgIpc) is 2.96. The summed E-state index contributed by atoms with van der Waals surface area (Å²) < 4.78 is 7.45. The molecule has 7 heteroatoms. The van der Waals surface area contributed by atoms with Crippen LogP contribution in [0.1, 0.15) is 12.7 Å². The Morgan fingerprint density at radius 3 is 2.62 bits per heavy atom.